The van der Waals surface area contributed by atoms with E-state index in [9.17, 15) is 17.6 Å². The second kappa shape index (κ2) is 6.54. The van der Waals surface area contributed by atoms with E-state index >= 15 is 0 Å². The Morgan fingerprint density at radius 2 is 1.57 bits per heavy atom. The smallest absolute Gasteiger partial charge is 0.282 e. The van der Waals surface area contributed by atoms with E-state index in [-0.39, 0.29) is 19.0 Å². The molecule has 1 aromatic carbocycles. The molecule has 1 amide bonds. The molecule has 0 spiro atoms. The molecule has 0 bridgehead atoms. The molecule has 3 rings (SSSR count). The summed E-state index contributed by atoms with van der Waals surface area (Å²) in [6, 6.07) is 5.56. The molecule has 2 heterocycles. The van der Waals surface area contributed by atoms with Crippen LogP contribution in [0.2, 0.25) is 0 Å². The minimum absolute atomic E-state index is 0.261. The van der Waals surface area contributed by atoms with E-state index in [1.54, 1.807) is 11.0 Å². The number of carbonyl (C=O) groups excluding carboxylic acids is 1. The predicted octanol–water partition coefficient (Wildman–Crippen LogP) is 0.924. The van der Waals surface area contributed by atoms with E-state index in [1.165, 1.54) is 26.8 Å². The van der Waals surface area contributed by atoms with Crippen molar-refractivity contribution in [1.29, 1.82) is 0 Å². The number of nitrogens with zero attached hydrogens (tertiary/aromatic N) is 3. The normalized spacial score (nSPS) is 20.8. The van der Waals surface area contributed by atoms with Gasteiger partial charge in [-0.15, -0.1) is 0 Å². The van der Waals surface area contributed by atoms with Gasteiger partial charge in [0, 0.05) is 44.8 Å². The fraction of sp³-hybridized carbons (Fsp3) is 0.533. The molecule has 0 N–H and O–H groups in total. The van der Waals surface area contributed by atoms with Crippen molar-refractivity contribution in [3.8, 4) is 0 Å². The van der Waals surface area contributed by atoms with Gasteiger partial charge < -0.3 is 4.90 Å². The number of hydrogen-bond donors (Lipinski definition) is 0. The van der Waals surface area contributed by atoms with Gasteiger partial charge in [-0.05, 0) is 31.0 Å². The minimum Gasteiger partial charge on any atom is -0.336 e. The Balaban J connectivity index is 1.63. The monoisotopic (exact) mass is 341 g/mol. The molecule has 0 radical (unpaired) electrons. The van der Waals surface area contributed by atoms with Crippen molar-refractivity contribution in [3.63, 3.8) is 0 Å². The number of piperazine rings is 1. The third-order valence-electron chi connectivity index (χ3n) is 4.32. The van der Waals surface area contributed by atoms with Crippen molar-refractivity contribution in [2.45, 2.75) is 12.8 Å². The van der Waals surface area contributed by atoms with Gasteiger partial charge >= 0.3 is 0 Å². The van der Waals surface area contributed by atoms with E-state index in [1.807, 2.05) is 0 Å². The molecule has 0 saturated carbocycles. The van der Waals surface area contributed by atoms with Crippen molar-refractivity contribution in [3.05, 3.63) is 35.6 Å². The van der Waals surface area contributed by atoms with Gasteiger partial charge in [0.2, 0.25) is 0 Å². The van der Waals surface area contributed by atoms with Gasteiger partial charge in [-0.1, -0.05) is 6.07 Å². The van der Waals surface area contributed by atoms with Crippen molar-refractivity contribution >= 4 is 16.1 Å². The van der Waals surface area contributed by atoms with E-state index in [2.05, 4.69) is 0 Å². The lowest BCUT2D eigenvalue weighted by Crippen LogP contribution is -2.53. The highest BCUT2D eigenvalue weighted by atomic mass is 32.2. The molecule has 6 nitrogen and oxygen atoms in total. The van der Waals surface area contributed by atoms with E-state index in [0.717, 1.165) is 12.8 Å². The van der Waals surface area contributed by atoms with Gasteiger partial charge in [-0.25, -0.2) is 4.39 Å². The predicted molar refractivity (Wildman–Crippen MR) is 83.6 cm³/mol. The van der Waals surface area contributed by atoms with Crippen LogP contribution in [-0.4, -0.2) is 67.1 Å². The van der Waals surface area contributed by atoms with Crippen LogP contribution in [0.4, 0.5) is 4.39 Å². The van der Waals surface area contributed by atoms with Crippen LogP contribution in [0.3, 0.4) is 0 Å². The van der Waals surface area contributed by atoms with Gasteiger partial charge in [0.05, 0.1) is 0 Å². The van der Waals surface area contributed by atoms with Gasteiger partial charge in [-0.3, -0.25) is 4.79 Å². The maximum absolute atomic E-state index is 13.2. The first-order chi connectivity index (χ1) is 11.0. The molecule has 8 heteroatoms. The van der Waals surface area contributed by atoms with Gasteiger partial charge in [0.25, 0.3) is 16.1 Å². The maximum atomic E-state index is 13.2. The number of carbonyl (C=O) groups is 1. The lowest BCUT2D eigenvalue weighted by atomic mass is 10.2. The molecular weight excluding hydrogens is 321 g/mol. The minimum atomic E-state index is -3.41. The fourth-order valence-electron chi connectivity index (χ4n) is 3.01. The standard InChI is InChI=1S/C15H20FN3O3S/c16-14-5-3-4-13(12-14)15(20)17-8-10-19(11-9-17)23(21,22)18-6-1-2-7-18/h3-5,12H,1-2,6-11H2. The quantitative estimate of drug-likeness (QED) is 0.822. The van der Waals surface area contributed by atoms with Crippen molar-refractivity contribution in [1.82, 2.24) is 13.5 Å². The average Bonchev–Trinajstić information content (AvgIpc) is 3.09. The zero-order chi connectivity index (χ0) is 16.4. The van der Waals surface area contributed by atoms with Crippen molar-refractivity contribution < 1.29 is 17.6 Å². The Kier molecular flexibility index (Phi) is 4.65. The molecule has 0 unspecified atom stereocenters. The summed E-state index contributed by atoms with van der Waals surface area (Å²) < 4.78 is 41.1. The summed E-state index contributed by atoms with van der Waals surface area (Å²) in [7, 11) is -3.41. The SMILES string of the molecule is O=C(c1cccc(F)c1)N1CCN(S(=O)(=O)N2CCCC2)CC1. The first kappa shape index (κ1) is 16.4. The number of benzene rings is 1. The highest BCUT2D eigenvalue weighted by Gasteiger charge is 2.34. The number of halogens is 1. The molecule has 2 fully saturated rings. The van der Waals surface area contributed by atoms with Crippen LogP contribution >= 0.6 is 0 Å². The Hall–Kier alpha value is -1.51. The summed E-state index contributed by atoms with van der Waals surface area (Å²) in [5.41, 5.74) is 0.292. The van der Waals surface area contributed by atoms with E-state index in [4.69, 9.17) is 0 Å². The van der Waals surface area contributed by atoms with Gasteiger partial charge in [0.1, 0.15) is 5.82 Å². The second-order valence-corrected chi connectivity index (χ2v) is 7.74. The Morgan fingerprint density at radius 3 is 2.17 bits per heavy atom. The topological polar surface area (TPSA) is 60.9 Å². The van der Waals surface area contributed by atoms with E-state index in [0.29, 0.717) is 31.7 Å². The zero-order valence-electron chi connectivity index (χ0n) is 12.8. The first-order valence-electron chi connectivity index (χ1n) is 7.78. The Bertz CT molecular complexity index is 681. The zero-order valence-corrected chi connectivity index (χ0v) is 13.6. The second-order valence-electron chi connectivity index (χ2n) is 5.82. The Labute approximate surface area is 135 Å². The number of rotatable bonds is 3. The number of amides is 1. The summed E-state index contributed by atoms with van der Waals surface area (Å²) in [6.07, 6.45) is 1.80. The average molecular weight is 341 g/mol. The molecule has 126 valence electrons. The van der Waals surface area contributed by atoms with Crippen LogP contribution < -0.4 is 0 Å². The van der Waals surface area contributed by atoms with Crippen molar-refractivity contribution in [2.75, 3.05) is 39.3 Å². The summed E-state index contributed by atoms with van der Waals surface area (Å²) in [5.74, 6) is -0.714. The highest BCUT2D eigenvalue weighted by Crippen LogP contribution is 2.19. The van der Waals surface area contributed by atoms with Crippen LogP contribution in [0, 0.1) is 5.82 Å². The van der Waals surface area contributed by atoms with Gasteiger partial charge in [0.15, 0.2) is 0 Å². The lowest BCUT2D eigenvalue weighted by molar-refractivity contribution is 0.0694. The molecule has 2 saturated heterocycles. The molecule has 2 aliphatic heterocycles. The molecular formula is C15H20FN3O3S. The summed E-state index contributed by atoms with van der Waals surface area (Å²) in [6.45, 7) is 2.35. The third kappa shape index (κ3) is 3.39. The van der Waals surface area contributed by atoms with Crippen LogP contribution in [0.25, 0.3) is 0 Å². The molecule has 2 aliphatic rings. The van der Waals surface area contributed by atoms with Crippen molar-refractivity contribution in [2.24, 2.45) is 0 Å². The first-order valence-corrected chi connectivity index (χ1v) is 9.18. The van der Waals surface area contributed by atoms with Crippen LogP contribution in [0.1, 0.15) is 23.2 Å². The van der Waals surface area contributed by atoms with Crippen LogP contribution in [0.5, 0.6) is 0 Å². The van der Waals surface area contributed by atoms with Crippen LogP contribution in [-0.2, 0) is 10.2 Å². The maximum Gasteiger partial charge on any atom is 0.282 e. The summed E-state index contributed by atoms with van der Waals surface area (Å²) in [4.78, 5) is 13.9. The Morgan fingerprint density at radius 1 is 0.957 bits per heavy atom. The molecule has 0 aromatic heterocycles. The lowest BCUT2D eigenvalue weighted by Gasteiger charge is -2.35. The molecule has 23 heavy (non-hydrogen) atoms. The summed E-state index contributed by atoms with van der Waals surface area (Å²) in [5, 5.41) is 0. The molecule has 0 aliphatic carbocycles. The summed E-state index contributed by atoms with van der Waals surface area (Å²) >= 11 is 0. The molecule has 1 aromatic rings. The van der Waals surface area contributed by atoms with E-state index < -0.39 is 16.0 Å². The number of hydrogen-bond acceptors (Lipinski definition) is 3. The van der Waals surface area contributed by atoms with Crippen LogP contribution in [0.15, 0.2) is 24.3 Å². The highest BCUT2D eigenvalue weighted by molar-refractivity contribution is 7.86. The molecule has 0 atom stereocenters. The largest absolute Gasteiger partial charge is 0.336 e. The van der Waals surface area contributed by atoms with Gasteiger partial charge in [-0.2, -0.15) is 17.0 Å². The third-order valence-corrected chi connectivity index (χ3v) is 6.35. The fourth-order valence-corrected chi connectivity index (χ4v) is 4.68.